The summed E-state index contributed by atoms with van der Waals surface area (Å²) in [5.74, 6) is 0.670. The van der Waals surface area contributed by atoms with Gasteiger partial charge in [-0.05, 0) is 24.7 Å². The lowest BCUT2D eigenvalue weighted by Crippen LogP contribution is -2.16. The van der Waals surface area contributed by atoms with Crippen LogP contribution < -0.4 is 10.6 Å². The van der Waals surface area contributed by atoms with Gasteiger partial charge in [-0.3, -0.25) is 10.1 Å². The third-order valence-corrected chi connectivity index (χ3v) is 3.53. The van der Waals surface area contributed by atoms with E-state index in [0.29, 0.717) is 17.2 Å². The van der Waals surface area contributed by atoms with Gasteiger partial charge in [0.1, 0.15) is 6.20 Å². The van der Waals surface area contributed by atoms with E-state index >= 15 is 0 Å². The average molecular weight is 251 g/mol. The van der Waals surface area contributed by atoms with Gasteiger partial charge in [-0.2, -0.15) is 4.98 Å². The second-order valence-corrected chi connectivity index (χ2v) is 4.64. The molecule has 0 amide bonds. The number of rotatable bonds is 6. The van der Waals surface area contributed by atoms with Gasteiger partial charge in [0, 0.05) is 13.6 Å². The summed E-state index contributed by atoms with van der Waals surface area (Å²) in [6.45, 7) is 2.87. The second-order valence-electron chi connectivity index (χ2n) is 4.64. The van der Waals surface area contributed by atoms with Crippen molar-refractivity contribution in [1.82, 2.24) is 9.97 Å². The van der Waals surface area contributed by atoms with E-state index < -0.39 is 4.92 Å². The lowest BCUT2D eigenvalue weighted by Gasteiger charge is -2.14. The molecule has 0 bridgehead atoms. The minimum Gasteiger partial charge on any atom is -0.364 e. The highest BCUT2D eigenvalue weighted by atomic mass is 16.6. The molecule has 0 atom stereocenters. The molecule has 0 saturated heterocycles. The summed E-state index contributed by atoms with van der Waals surface area (Å²) < 4.78 is 0. The van der Waals surface area contributed by atoms with E-state index in [4.69, 9.17) is 0 Å². The Labute approximate surface area is 105 Å². The maximum Gasteiger partial charge on any atom is 0.329 e. The van der Waals surface area contributed by atoms with Crippen molar-refractivity contribution in [3.63, 3.8) is 0 Å². The molecule has 18 heavy (non-hydrogen) atoms. The number of hydrogen-bond acceptors (Lipinski definition) is 6. The highest BCUT2D eigenvalue weighted by molar-refractivity contribution is 5.57. The van der Waals surface area contributed by atoms with Gasteiger partial charge < -0.3 is 10.6 Å². The van der Waals surface area contributed by atoms with E-state index in [1.165, 1.54) is 19.0 Å². The monoisotopic (exact) mass is 251 g/mol. The SMILES string of the molecule is CCC1(CNc2nc(NC)ncc2[N+](=O)[O-])CC1. The molecule has 0 radical (unpaired) electrons. The molecule has 7 heteroatoms. The van der Waals surface area contributed by atoms with Crippen LogP contribution >= 0.6 is 0 Å². The Hall–Kier alpha value is -1.92. The van der Waals surface area contributed by atoms with Gasteiger partial charge >= 0.3 is 5.69 Å². The van der Waals surface area contributed by atoms with Crippen LogP contribution in [0.3, 0.4) is 0 Å². The quantitative estimate of drug-likeness (QED) is 0.593. The Morgan fingerprint density at radius 2 is 2.28 bits per heavy atom. The van der Waals surface area contributed by atoms with Crippen molar-refractivity contribution in [1.29, 1.82) is 0 Å². The molecule has 1 aromatic heterocycles. The molecule has 1 fully saturated rings. The van der Waals surface area contributed by atoms with Crippen molar-refractivity contribution in [3.05, 3.63) is 16.3 Å². The fourth-order valence-electron chi connectivity index (χ4n) is 1.86. The summed E-state index contributed by atoms with van der Waals surface area (Å²) in [4.78, 5) is 18.4. The van der Waals surface area contributed by atoms with Crippen LogP contribution in [-0.4, -0.2) is 28.5 Å². The molecule has 0 aromatic carbocycles. The zero-order valence-electron chi connectivity index (χ0n) is 10.6. The first-order valence-electron chi connectivity index (χ1n) is 6.03. The number of nitrogens with one attached hydrogen (secondary N) is 2. The molecule has 0 unspecified atom stereocenters. The van der Waals surface area contributed by atoms with Crippen LogP contribution in [-0.2, 0) is 0 Å². The molecule has 0 spiro atoms. The molecule has 1 aliphatic carbocycles. The molecule has 1 saturated carbocycles. The molecule has 1 heterocycles. The summed E-state index contributed by atoms with van der Waals surface area (Å²) in [6.07, 6.45) is 4.66. The summed E-state index contributed by atoms with van der Waals surface area (Å²) in [5, 5.41) is 16.8. The van der Waals surface area contributed by atoms with E-state index in [2.05, 4.69) is 27.5 Å². The van der Waals surface area contributed by atoms with Crippen molar-refractivity contribution in [2.24, 2.45) is 5.41 Å². The van der Waals surface area contributed by atoms with Crippen molar-refractivity contribution < 1.29 is 4.92 Å². The van der Waals surface area contributed by atoms with Crippen LogP contribution in [0.4, 0.5) is 17.5 Å². The Kier molecular flexibility index (Phi) is 3.31. The molecular formula is C11H17N5O2. The molecular weight excluding hydrogens is 234 g/mol. The van der Waals surface area contributed by atoms with E-state index in [1.54, 1.807) is 7.05 Å². The summed E-state index contributed by atoms with van der Waals surface area (Å²) in [7, 11) is 1.68. The van der Waals surface area contributed by atoms with Crippen LogP contribution in [0.1, 0.15) is 26.2 Å². The highest BCUT2D eigenvalue weighted by Crippen LogP contribution is 2.48. The maximum atomic E-state index is 10.9. The average Bonchev–Trinajstić information content (AvgIpc) is 3.16. The fourth-order valence-corrected chi connectivity index (χ4v) is 1.86. The van der Waals surface area contributed by atoms with Gasteiger partial charge in [0.25, 0.3) is 0 Å². The number of aromatic nitrogens is 2. The van der Waals surface area contributed by atoms with E-state index in [0.717, 1.165) is 13.0 Å². The van der Waals surface area contributed by atoms with Crippen LogP contribution in [0.2, 0.25) is 0 Å². The minimum atomic E-state index is -0.465. The van der Waals surface area contributed by atoms with Gasteiger partial charge in [-0.15, -0.1) is 0 Å². The van der Waals surface area contributed by atoms with Crippen LogP contribution in [0, 0.1) is 15.5 Å². The maximum absolute atomic E-state index is 10.9. The third kappa shape index (κ3) is 2.49. The lowest BCUT2D eigenvalue weighted by atomic mass is 10.0. The zero-order chi connectivity index (χ0) is 13.2. The molecule has 98 valence electrons. The number of nitro groups is 1. The third-order valence-electron chi connectivity index (χ3n) is 3.53. The van der Waals surface area contributed by atoms with Gasteiger partial charge in [0.15, 0.2) is 0 Å². The van der Waals surface area contributed by atoms with Crippen molar-refractivity contribution in [2.45, 2.75) is 26.2 Å². The predicted molar refractivity (Wildman–Crippen MR) is 68.7 cm³/mol. The summed E-state index contributed by atoms with van der Waals surface area (Å²) in [5.41, 5.74) is 0.222. The van der Waals surface area contributed by atoms with Crippen LogP contribution in [0.25, 0.3) is 0 Å². The summed E-state index contributed by atoms with van der Waals surface area (Å²) >= 11 is 0. The lowest BCUT2D eigenvalue weighted by molar-refractivity contribution is -0.384. The predicted octanol–water partition coefficient (Wildman–Crippen LogP) is 2.03. The van der Waals surface area contributed by atoms with Crippen LogP contribution in [0.5, 0.6) is 0 Å². The van der Waals surface area contributed by atoms with Gasteiger partial charge in [-0.25, -0.2) is 4.98 Å². The summed E-state index contributed by atoms with van der Waals surface area (Å²) in [6, 6.07) is 0. The van der Waals surface area contributed by atoms with E-state index in [-0.39, 0.29) is 5.69 Å². The highest BCUT2D eigenvalue weighted by Gasteiger charge is 2.40. The Morgan fingerprint density at radius 3 is 2.78 bits per heavy atom. The standard InChI is InChI=1S/C11H17N5O2/c1-3-11(4-5-11)7-14-9-8(16(17)18)6-13-10(12-2)15-9/h6H,3-5,7H2,1-2H3,(H2,12,13,14,15). The van der Waals surface area contributed by atoms with Crippen LogP contribution in [0.15, 0.2) is 6.20 Å². The Morgan fingerprint density at radius 1 is 1.56 bits per heavy atom. The Bertz CT molecular complexity index is 459. The first-order chi connectivity index (χ1) is 8.60. The van der Waals surface area contributed by atoms with E-state index in [1.807, 2.05) is 0 Å². The normalized spacial score (nSPS) is 16.1. The smallest absolute Gasteiger partial charge is 0.329 e. The number of anilines is 2. The van der Waals surface area contributed by atoms with Gasteiger partial charge in [0.2, 0.25) is 11.8 Å². The topological polar surface area (TPSA) is 93.0 Å². The van der Waals surface area contributed by atoms with Gasteiger partial charge in [0.05, 0.1) is 4.92 Å². The first-order valence-corrected chi connectivity index (χ1v) is 6.03. The molecule has 0 aliphatic heterocycles. The molecule has 1 aromatic rings. The fraction of sp³-hybridized carbons (Fsp3) is 0.636. The minimum absolute atomic E-state index is 0.0825. The van der Waals surface area contributed by atoms with Crippen molar-refractivity contribution in [3.8, 4) is 0 Å². The number of hydrogen-bond donors (Lipinski definition) is 2. The first kappa shape index (κ1) is 12.5. The Balaban J connectivity index is 2.16. The second kappa shape index (κ2) is 4.75. The van der Waals surface area contributed by atoms with Crippen molar-refractivity contribution in [2.75, 3.05) is 24.2 Å². The molecule has 2 rings (SSSR count). The largest absolute Gasteiger partial charge is 0.364 e. The van der Waals surface area contributed by atoms with Gasteiger partial charge in [-0.1, -0.05) is 6.92 Å². The molecule has 1 aliphatic rings. The van der Waals surface area contributed by atoms with Crippen molar-refractivity contribution >= 4 is 17.5 Å². The zero-order valence-corrected chi connectivity index (χ0v) is 10.6. The van der Waals surface area contributed by atoms with E-state index in [9.17, 15) is 10.1 Å². The number of nitrogens with zero attached hydrogens (tertiary/aromatic N) is 3. The molecule has 2 N–H and O–H groups in total. The molecule has 7 nitrogen and oxygen atoms in total.